The van der Waals surface area contributed by atoms with Crippen molar-refractivity contribution in [2.24, 2.45) is 0 Å². The minimum absolute atomic E-state index is 0. The number of halogens is 2. The van der Waals surface area contributed by atoms with Gasteiger partial charge in [0.15, 0.2) is 0 Å². The van der Waals surface area contributed by atoms with Crippen molar-refractivity contribution < 1.29 is 5.21 Å². The van der Waals surface area contributed by atoms with Crippen molar-refractivity contribution in [2.75, 3.05) is 5.73 Å². The van der Waals surface area contributed by atoms with Crippen molar-refractivity contribution in [1.82, 2.24) is 9.71 Å². The molecule has 0 aliphatic carbocycles. The van der Waals surface area contributed by atoms with Gasteiger partial charge in [-0.15, -0.1) is 17.1 Å². The van der Waals surface area contributed by atoms with E-state index in [4.69, 9.17) is 28.0 Å². The van der Waals surface area contributed by atoms with Crippen LogP contribution in [0.2, 0.25) is 5.15 Å². The van der Waals surface area contributed by atoms with Crippen LogP contribution in [-0.2, 0) is 0 Å². The number of nitrogen functional groups attached to an aromatic ring is 1. The van der Waals surface area contributed by atoms with Crippen LogP contribution in [0.25, 0.3) is 0 Å². The second kappa shape index (κ2) is 3.45. The molecule has 0 bridgehead atoms. The zero-order chi connectivity index (χ0) is 7.72. The lowest BCUT2D eigenvalue weighted by Gasteiger charge is -1.99. The largest absolute Gasteiger partial charge is 0.423 e. The van der Waals surface area contributed by atoms with E-state index >= 15 is 0 Å². The maximum atomic E-state index is 8.81. The van der Waals surface area contributed by atoms with E-state index in [1.165, 1.54) is 6.07 Å². The van der Waals surface area contributed by atoms with Crippen molar-refractivity contribution in [3.05, 3.63) is 16.8 Å². The standard InChI is InChI=1S/C4H5ClN4O.ClH/c5-2-1-3(6)9(10)4(7)8-2;/h1,7,10H,6H2;1H. The molecule has 0 aliphatic rings. The molecule has 0 radical (unpaired) electrons. The first-order chi connectivity index (χ1) is 4.61. The van der Waals surface area contributed by atoms with Gasteiger partial charge in [0.2, 0.25) is 0 Å². The van der Waals surface area contributed by atoms with Crippen LogP contribution in [0.4, 0.5) is 5.82 Å². The molecule has 0 aliphatic heterocycles. The van der Waals surface area contributed by atoms with Gasteiger partial charge in [0, 0.05) is 6.07 Å². The highest BCUT2D eigenvalue weighted by Gasteiger charge is 1.97. The molecule has 1 aromatic rings. The summed E-state index contributed by atoms with van der Waals surface area (Å²) >= 11 is 5.39. The highest BCUT2D eigenvalue weighted by molar-refractivity contribution is 6.29. The molecule has 0 fully saturated rings. The number of nitrogens with two attached hydrogens (primary N) is 1. The Labute approximate surface area is 73.3 Å². The summed E-state index contributed by atoms with van der Waals surface area (Å²) in [7, 11) is 0. The van der Waals surface area contributed by atoms with Gasteiger partial charge in [0.1, 0.15) is 11.0 Å². The minimum Gasteiger partial charge on any atom is -0.423 e. The number of nitrogens with zero attached hydrogens (tertiary/aromatic N) is 2. The van der Waals surface area contributed by atoms with Gasteiger partial charge in [-0.25, -0.2) is 0 Å². The van der Waals surface area contributed by atoms with Crippen molar-refractivity contribution in [1.29, 1.82) is 5.41 Å². The second-order valence-electron chi connectivity index (χ2n) is 1.64. The van der Waals surface area contributed by atoms with Crippen LogP contribution >= 0.6 is 24.0 Å². The van der Waals surface area contributed by atoms with E-state index in [0.29, 0.717) is 4.73 Å². The van der Waals surface area contributed by atoms with Crippen LogP contribution in [0.5, 0.6) is 0 Å². The molecule has 0 amide bonds. The molecule has 1 heterocycles. The Morgan fingerprint density at radius 2 is 2.27 bits per heavy atom. The third kappa shape index (κ3) is 1.99. The predicted octanol–water partition coefficient (Wildman–Crippen LogP) is 0.257. The normalized spacial score (nSPS) is 8.82. The average Bonchev–Trinajstić information content (AvgIpc) is 1.82. The fraction of sp³-hybridized carbons (Fsp3) is 0. The number of hydrogen-bond acceptors (Lipinski definition) is 4. The predicted molar refractivity (Wildman–Crippen MR) is 41.9 cm³/mol. The molecule has 0 unspecified atom stereocenters. The number of anilines is 1. The first-order valence-electron chi connectivity index (χ1n) is 2.40. The smallest absolute Gasteiger partial charge is 0.258 e. The monoisotopic (exact) mass is 196 g/mol. The lowest BCUT2D eigenvalue weighted by molar-refractivity contribution is 0.171. The number of hydrogen-bond donors (Lipinski definition) is 3. The quantitative estimate of drug-likeness (QED) is 0.411. The first-order valence-corrected chi connectivity index (χ1v) is 2.78. The molecule has 1 rings (SSSR count). The minimum atomic E-state index is -0.384. The Bertz CT molecular complexity index is 309. The third-order valence-corrected chi connectivity index (χ3v) is 1.12. The van der Waals surface area contributed by atoms with Gasteiger partial charge in [0.05, 0.1) is 0 Å². The van der Waals surface area contributed by atoms with E-state index in [0.717, 1.165) is 0 Å². The highest BCUT2D eigenvalue weighted by atomic mass is 35.5. The summed E-state index contributed by atoms with van der Waals surface area (Å²) < 4.78 is 0.436. The van der Waals surface area contributed by atoms with Crippen molar-refractivity contribution >= 4 is 29.8 Å². The van der Waals surface area contributed by atoms with Gasteiger partial charge in [-0.2, -0.15) is 4.98 Å². The molecule has 7 heteroatoms. The zero-order valence-electron chi connectivity index (χ0n) is 5.28. The fourth-order valence-electron chi connectivity index (χ4n) is 0.486. The van der Waals surface area contributed by atoms with Crippen LogP contribution in [0.3, 0.4) is 0 Å². The SMILES string of the molecule is Cl.N=c1nc(Cl)cc(N)n1O. The van der Waals surface area contributed by atoms with Gasteiger partial charge in [-0.05, 0) is 0 Å². The molecule has 4 N–H and O–H groups in total. The van der Waals surface area contributed by atoms with Crippen LogP contribution in [0, 0.1) is 5.41 Å². The Hall–Kier alpha value is -0.940. The number of rotatable bonds is 0. The molecule has 0 saturated carbocycles. The lowest BCUT2D eigenvalue weighted by Crippen LogP contribution is -2.23. The Kier molecular flexibility index (Phi) is 3.16. The van der Waals surface area contributed by atoms with Crippen LogP contribution in [0.15, 0.2) is 6.07 Å². The van der Waals surface area contributed by atoms with Crippen LogP contribution < -0.4 is 11.4 Å². The van der Waals surface area contributed by atoms with E-state index in [1.807, 2.05) is 0 Å². The molecule has 0 aromatic carbocycles. The van der Waals surface area contributed by atoms with Crippen molar-refractivity contribution in [3.63, 3.8) is 0 Å². The van der Waals surface area contributed by atoms with E-state index in [-0.39, 0.29) is 29.0 Å². The van der Waals surface area contributed by atoms with Gasteiger partial charge >= 0.3 is 0 Å². The summed E-state index contributed by atoms with van der Waals surface area (Å²) in [6.45, 7) is 0. The molecule has 62 valence electrons. The van der Waals surface area contributed by atoms with E-state index in [2.05, 4.69) is 4.98 Å². The summed E-state index contributed by atoms with van der Waals surface area (Å²) in [6.07, 6.45) is 0. The zero-order valence-corrected chi connectivity index (χ0v) is 6.85. The Morgan fingerprint density at radius 3 is 2.73 bits per heavy atom. The molecule has 0 spiro atoms. The topological polar surface area (TPSA) is 87.9 Å². The Morgan fingerprint density at radius 1 is 1.73 bits per heavy atom. The van der Waals surface area contributed by atoms with Crippen LogP contribution in [-0.4, -0.2) is 14.9 Å². The van der Waals surface area contributed by atoms with E-state index in [9.17, 15) is 0 Å². The second-order valence-corrected chi connectivity index (χ2v) is 2.03. The van der Waals surface area contributed by atoms with Gasteiger partial charge in [-0.3, -0.25) is 5.41 Å². The molecule has 11 heavy (non-hydrogen) atoms. The van der Waals surface area contributed by atoms with Crippen molar-refractivity contribution in [2.45, 2.75) is 0 Å². The third-order valence-electron chi connectivity index (χ3n) is 0.925. The van der Waals surface area contributed by atoms with E-state index < -0.39 is 0 Å². The average molecular weight is 197 g/mol. The lowest BCUT2D eigenvalue weighted by atomic mass is 10.6. The molecular formula is C4H6Cl2N4O. The molecular weight excluding hydrogens is 191 g/mol. The maximum Gasteiger partial charge on any atom is 0.258 e. The fourth-order valence-corrected chi connectivity index (χ4v) is 0.678. The van der Waals surface area contributed by atoms with Crippen LogP contribution in [0.1, 0.15) is 0 Å². The van der Waals surface area contributed by atoms with E-state index in [1.54, 1.807) is 0 Å². The molecule has 1 aromatic heterocycles. The van der Waals surface area contributed by atoms with Gasteiger partial charge in [-0.1, -0.05) is 11.6 Å². The summed E-state index contributed by atoms with van der Waals surface area (Å²) in [5.74, 6) is -0.00926. The van der Waals surface area contributed by atoms with Crippen molar-refractivity contribution in [3.8, 4) is 0 Å². The number of nitrogens with one attached hydrogen (secondary N) is 1. The highest BCUT2D eigenvalue weighted by Crippen LogP contribution is 2.03. The number of aromatic nitrogens is 2. The summed E-state index contributed by atoms with van der Waals surface area (Å²) in [4.78, 5) is 3.40. The molecule has 0 saturated heterocycles. The van der Waals surface area contributed by atoms with Gasteiger partial charge < -0.3 is 10.9 Å². The van der Waals surface area contributed by atoms with Gasteiger partial charge in [0.25, 0.3) is 5.62 Å². The Balaban J connectivity index is 0.000001000. The summed E-state index contributed by atoms with van der Waals surface area (Å²) in [5, 5.41) is 15.8. The molecule has 5 nitrogen and oxygen atoms in total. The molecule has 0 atom stereocenters. The summed E-state index contributed by atoms with van der Waals surface area (Å²) in [5.41, 5.74) is 4.81. The first kappa shape index (κ1) is 10.1. The maximum absolute atomic E-state index is 8.81. The summed E-state index contributed by atoms with van der Waals surface area (Å²) in [6, 6.07) is 1.25.